The molecule has 0 spiro atoms. The molecule has 0 atom stereocenters. The molecule has 3 aromatic carbocycles. The lowest BCUT2D eigenvalue weighted by Crippen LogP contribution is -2.39. The van der Waals surface area contributed by atoms with Gasteiger partial charge >= 0.3 is 0 Å². The van der Waals surface area contributed by atoms with Gasteiger partial charge in [-0.25, -0.2) is 5.01 Å². The lowest BCUT2D eigenvalue weighted by Gasteiger charge is -2.34. The predicted molar refractivity (Wildman–Crippen MR) is 117 cm³/mol. The van der Waals surface area contributed by atoms with Gasteiger partial charge in [0.25, 0.3) is 5.69 Å². The summed E-state index contributed by atoms with van der Waals surface area (Å²) < 4.78 is 0. The number of nitro benzene ring substituents is 1. The molecule has 0 amide bonds. The molecule has 0 aromatic heterocycles. The number of benzene rings is 3. The maximum atomic E-state index is 11.0. The second kappa shape index (κ2) is 7.25. The van der Waals surface area contributed by atoms with Crippen LogP contribution in [-0.4, -0.2) is 15.1 Å². The highest BCUT2D eigenvalue weighted by Gasteiger charge is 2.28. The van der Waals surface area contributed by atoms with E-state index in [4.69, 9.17) is 0 Å². The number of hydrogen-bond acceptors (Lipinski definition) is 5. The van der Waals surface area contributed by atoms with E-state index in [0.717, 1.165) is 33.7 Å². The van der Waals surface area contributed by atoms with Crippen LogP contribution in [-0.2, 0) is 0 Å². The van der Waals surface area contributed by atoms with Crippen LogP contribution < -0.4 is 5.43 Å². The number of hydrogen-bond donors (Lipinski definition) is 1. The average molecular weight is 394 g/mol. The molecule has 30 heavy (non-hydrogen) atoms. The highest BCUT2D eigenvalue weighted by atomic mass is 16.6. The predicted octanol–water partition coefficient (Wildman–Crippen LogP) is 5.03. The molecule has 2 heterocycles. The SMILES string of the molecule is O=[N+]([O-])c1ccc(C2=CN3C=C(c4ccccc4)NN3C(c3ccccc3)=C2)cc1. The smallest absolute Gasteiger partial charge is 0.269 e. The van der Waals surface area contributed by atoms with Crippen LogP contribution in [0.3, 0.4) is 0 Å². The first kappa shape index (κ1) is 17.8. The maximum absolute atomic E-state index is 11.0. The fourth-order valence-electron chi connectivity index (χ4n) is 3.56. The van der Waals surface area contributed by atoms with Crippen LogP contribution in [0, 0.1) is 10.1 Å². The number of fused-ring (bicyclic) bond motifs is 1. The van der Waals surface area contributed by atoms with Crippen molar-refractivity contribution in [3.8, 4) is 0 Å². The van der Waals surface area contributed by atoms with Crippen molar-refractivity contribution in [2.24, 2.45) is 0 Å². The first-order valence-corrected chi connectivity index (χ1v) is 9.55. The standard InChI is InChI=1S/C24H18N4O2/c29-28(30)22-13-11-18(12-14-22)21-15-24(20-9-5-2-6-10-20)27-25-23(17-26(27)16-21)19-7-3-1-4-8-19/h1-17,25H. The molecule has 0 fully saturated rings. The normalized spacial score (nSPS) is 15.0. The van der Waals surface area contributed by atoms with Gasteiger partial charge in [0.2, 0.25) is 0 Å². The van der Waals surface area contributed by atoms with Crippen LogP contribution in [0.15, 0.2) is 103 Å². The number of nitro groups is 1. The van der Waals surface area contributed by atoms with Crippen LogP contribution in [0.2, 0.25) is 0 Å². The van der Waals surface area contributed by atoms with E-state index < -0.39 is 0 Å². The molecule has 0 saturated heterocycles. The van der Waals surface area contributed by atoms with Crippen molar-refractivity contribution in [2.75, 3.05) is 0 Å². The number of nitrogens with one attached hydrogen (secondary N) is 1. The molecule has 6 nitrogen and oxygen atoms in total. The van der Waals surface area contributed by atoms with E-state index in [-0.39, 0.29) is 10.6 Å². The van der Waals surface area contributed by atoms with Gasteiger partial charge in [0, 0.05) is 35.0 Å². The van der Waals surface area contributed by atoms with E-state index in [1.807, 2.05) is 58.9 Å². The topological polar surface area (TPSA) is 61.7 Å². The Balaban J connectivity index is 1.57. The number of hydrazine groups is 2. The van der Waals surface area contributed by atoms with Crippen LogP contribution in [0.1, 0.15) is 16.7 Å². The maximum Gasteiger partial charge on any atom is 0.269 e. The molecule has 0 radical (unpaired) electrons. The number of non-ortho nitro benzene ring substituents is 1. The fraction of sp³-hybridized carbons (Fsp3) is 0. The van der Waals surface area contributed by atoms with E-state index in [9.17, 15) is 10.1 Å². The Morgan fingerprint density at radius 2 is 1.37 bits per heavy atom. The van der Waals surface area contributed by atoms with Crippen LogP contribution in [0.25, 0.3) is 17.0 Å². The van der Waals surface area contributed by atoms with Crippen molar-refractivity contribution in [2.45, 2.75) is 0 Å². The molecule has 5 rings (SSSR count). The summed E-state index contributed by atoms with van der Waals surface area (Å²) in [6.45, 7) is 0. The first-order chi connectivity index (χ1) is 14.7. The van der Waals surface area contributed by atoms with Gasteiger partial charge in [-0.3, -0.25) is 15.5 Å². The second-order valence-electron chi connectivity index (χ2n) is 7.00. The highest BCUT2D eigenvalue weighted by molar-refractivity contribution is 5.86. The molecular formula is C24H18N4O2. The third-order valence-electron chi connectivity index (χ3n) is 5.08. The zero-order valence-electron chi connectivity index (χ0n) is 16.0. The molecule has 0 unspecified atom stereocenters. The Labute approximate surface area is 173 Å². The summed E-state index contributed by atoms with van der Waals surface area (Å²) in [5, 5.41) is 15.0. The molecule has 0 saturated carbocycles. The molecule has 1 N–H and O–H groups in total. The number of rotatable bonds is 4. The molecule has 2 aliphatic heterocycles. The minimum atomic E-state index is -0.384. The van der Waals surface area contributed by atoms with Crippen LogP contribution in [0.5, 0.6) is 0 Å². The molecule has 2 aliphatic rings. The number of allylic oxidation sites excluding steroid dienone is 2. The van der Waals surface area contributed by atoms with Crippen molar-refractivity contribution < 1.29 is 4.92 Å². The van der Waals surface area contributed by atoms with Gasteiger partial charge in [0.1, 0.15) is 0 Å². The molecule has 0 aliphatic carbocycles. The zero-order chi connectivity index (χ0) is 20.5. The average Bonchev–Trinajstić information content (AvgIpc) is 3.24. The van der Waals surface area contributed by atoms with E-state index >= 15 is 0 Å². The summed E-state index contributed by atoms with van der Waals surface area (Å²) in [4.78, 5) is 10.6. The summed E-state index contributed by atoms with van der Waals surface area (Å²) in [7, 11) is 0. The van der Waals surface area contributed by atoms with Crippen molar-refractivity contribution >= 4 is 22.7 Å². The molecule has 3 aromatic rings. The minimum Gasteiger partial charge on any atom is -0.277 e. The van der Waals surface area contributed by atoms with E-state index in [1.165, 1.54) is 12.1 Å². The summed E-state index contributed by atoms with van der Waals surface area (Å²) in [6, 6.07) is 26.9. The molecular weight excluding hydrogens is 376 g/mol. The summed E-state index contributed by atoms with van der Waals surface area (Å²) in [5.74, 6) is 0. The Morgan fingerprint density at radius 3 is 2.00 bits per heavy atom. The monoisotopic (exact) mass is 394 g/mol. The Kier molecular flexibility index (Phi) is 4.29. The van der Waals surface area contributed by atoms with E-state index in [1.54, 1.807) is 12.1 Å². The van der Waals surface area contributed by atoms with Gasteiger partial charge in [0.05, 0.1) is 22.5 Å². The highest BCUT2D eigenvalue weighted by Crippen LogP contribution is 2.35. The number of nitrogens with zero attached hydrogens (tertiary/aromatic N) is 3. The summed E-state index contributed by atoms with van der Waals surface area (Å²) >= 11 is 0. The third-order valence-corrected chi connectivity index (χ3v) is 5.08. The van der Waals surface area contributed by atoms with E-state index in [0.29, 0.717) is 0 Å². The first-order valence-electron chi connectivity index (χ1n) is 9.55. The van der Waals surface area contributed by atoms with Crippen LogP contribution in [0.4, 0.5) is 5.69 Å². The summed E-state index contributed by atoms with van der Waals surface area (Å²) in [6.07, 6.45) is 6.13. The van der Waals surface area contributed by atoms with Gasteiger partial charge in [-0.05, 0) is 23.8 Å². The molecule has 0 bridgehead atoms. The zero-order valence-corrected chi connectivity index (χ0v) is 16.0. The van der Waals surface area contributed by atoms with Crippen LogP contribution >= 0.6 is 0 Å². The van der Waals surface area contributed by atoms with Gasteiger partial charge in [-0.2, -0.15) is 5.12 Å². The molecule has 6 heteroatoms. The molecule has 146 valence electrons. The Bertz CT molecular complexity index is 1180. The quantitative estimate of drug-likeness (QED) is 0.497. The van der Waals surface area contributed by atoms with E-state index in [2.05, 4.69) is 35.8 Å². The van der Waals surface area contributed by atoms with Gasteiger partial charge in [-0.15, -0.1) is 0 Å². The van der Waals surface area contributed by atoms with Gasteiger partial charge < -0.3 is 0 Å². The lowest BCUT2D eigenvalue weighted by molar-refractivity contribution is -0.384. The Morgan fingerprint density at radius 1 is 0.733 bits per heavy atom. The largest absolute Gasteiger partial charge is 0.277 e. The van der Waals surface area contributed by atoms with Crippen molar-refractivity contribution in [1.82, 2.24) is 15.6 Å². The summed E-state index contributed by atoms with van der Waals surface area (Å²) in [5.41, 5.74) is 9.54. The van der Waals surface area contributed by atoms with Crippen molar-refractivity contribution in [3.05, 3.63) is 130 Å². The lowest BCUT2D eigenvalue weighted by atomic mass is 10.0. The second-order valence-corrected chi connectivity index (χ2v) is 7.00. The minimum absolute atomic E-state index is 0.0816. The third kappa shape index (κ3) is 3.20. The fourth-order valence-corrected chi connectivity index (χ4v) is 3.56. The van der Waals surface area contributed by atoms with Crippen molar-refractivity contribution in [3.63, 3.8) is 0 Å². The van der Waals surface area contributed by atoms with Gasteiger partial charge in [0.15, 0.2) is 0 Å². The Hall–Kier alpha value is -4.32. The van der Waals surface area contributed by atoms with Gasteiger partial charge in [-0.1, -0.05) is 60.7 Å². The van der Waals surface area contributed by atoms with Crippen molar-refractivity contribution in [1.29, 1.82) is 0 Å².